The van der Waals surface area contributed by atoms with Crippen molar-refractivity contribution in [3.05, 3.63) is 12.7 Å². The van der Waals surface area contributed by atoms with Gasteiger partial charge in [0.05, 0.1) is 12.9 Å². The number of phosphoric acid groups is 2. The molecule has 2 fully saturated rings. The van der Waals surface area contributed by atoms with Crippen LogP contribution in [0.1, 0.15) is 6.23 Å². The van der Waals surface area contributed by atoms with Crippen LogP contribution in [0, 0.1) is 0 Å². The molecule has 38 heavy (non-hydrogen) atoms. The van der Waals surface area contributed by atoms with E-state index < -0.39 is 77.7 Å². The Bertz CT molecular complexity index is 1240. The maximum atomic E-state index is 12.1. The third-order valence-electron chi connectivity index (χ3n) is 5.40. The van der Waals surface area contributed by atoms with Crippen molar-refractivity contribution in [3.63, 3.8) is 0 Å². The lowest BCUT2D eigenvalue weighted by molar-refractivity contribution is -0.346. The molecule has 0 amide bonds. The van der Waals surface area contributed by atoms with Crippen molar-refractivity contribution >= 4 is 32.6 Å². The SMILES string of the molecule is Nc1ncnc2c1ncn2[C@@H]1O[C@H](COP(=O)(O)OP(=O)(O)OO[C@H](O)[C@@H]2O[C@H](O)[C@H](O)[C@@H]2O)[C@@H](O)[C@@H]1O. The fraction of sp³-hybridized carbons (Fsp3) is 0.667. The zero-order valence-corrected chi connectivity index (χ0v) is 20.5. The molecule has 21 nitrogen and oxygen atoms in total. The Morgan fingerprint density at radius 3 is 2.37 bits per heavy atom. The van der Waals surface area contributed by atoms with Gasteiger partial charge in [-0.3, -0.25) is 9.09 Å². The smallest absolute Gasteiger partial charge is 0.387 e. The molecule has 2 aliphatic rings. The zero-order chi connectivity index (χ0) is 28.0. The van der Waals surface area contributed by atoms with Gasteiger partial charge in [-0.25, -0.2) is 24.1 Å². The Hall–Kier alpha value is -1.75. The quantitative estimate of drug-likeness (QED) is 0.0549. The Balaban J connectivity index is 1.32. The number of fused-ring (bicyclic) bond motifs is 1. The van der Waals surface area contributed by atoms with Gasteiger partial charge in [-0.15, -0.1) is 4.67 Å². The van der Waals surface area contributed by atoms with Crippen LogP contribution in [0.15, 0.2) is 12.7 Å². The Morgan fingerprint density at radius 1 is 1.00 bits per heavy atom. The Labute approximate surface area is 210 Å². The van der Waals surface area contributed by atoms with Crippen LogP contribution in [0.25, 0.3) is 11.2 Å². The molecule has 2 aromatic rings. The maximum Gasteiger partial charge on any atom is 0.508 e. The second-order valence-electron chi connectivity index (χ2n) is 7.98. The van der Waals surface area contributed by atoms with Gasteiger partial charge in [-0.1, -0.05) is 0 Å². The van der Waals surface area contributed by atoms with E-state index in [1.54, 1.807) is 0 Å². The van der Waals surface area contributed by atoms with Crippen molar-refractivity contribution in [2.24, 2.45) is 0 Å². The summed E-state index contributed by atoms with van der Waals surface area (Å²) in [6.45, 7) is -0.951. The first kappa shape index (κ1) is 29.2. The third-order valence-corrected chi connectivity index (χ3v) is 7.80. The first-order valence-corrected chi connectivity index (χ1v) is 13.4. The van der Waals surface area contributed by atoms with E-state index in [4.69, 9.17) is 10.5 Å². The number of hydrogen-bond acceptors (Lipinski definition) is 18. The summed E-state index contributed by atoms with van der Waals surface area (Å²) in [5.41, 5.74) is 6.03. The fourth-order valence-corrected chi connectivity index (χ4v) is 5.44. The van der Waals surface area contributed by atoms with Crippen LogP contribution in [-0.2, 0) is 37.0 Å². The molecule has 0 spiro atoms. The number of nitrogen functional groups attached to an aromatic ring is 1. The van der Waals surface area contributed by atoms with Gasteiger partial charge in [0.2, 0.25) is 6.29 Å². The van der Waals surface area contributed by atoms with E-state index in [0.717, 1.165) is 6.33 Å². The normalized spacial score (nSPS) is 35.8. The first-order valence-electron chi connectivity index (χ1n) is 10.4. The molecule has 2 saturated heterocycles. The number of aromatic nitrogens is 4. The second kappa shape index (κ2) is 11.0. The molecule has 0 aliphatic carbocycles. The lowest BCUT2D eigenvalue weighted by atomic mass is 10.1. The lowest BCUT2D eigenvalue weighted by Gasteiger charge is -2.21. The Kier molecular flexibility index (Phi) is 8.48. The summed E-state index contributed by atoms with van der Waals surface area (Å²) in [5.74, 6) is 0.0364. The number of ether oxygens (including phenoxy) is 2. The molecule has 214 valence electrons. The maximum absolute atomic E-state index is 12.1. The second-order valence-corrected chi connectivity index (χ2v) is 10.9. The van der Waals surface area contributed by atoms with E-state index in [1.165, 1.54) is 10.9 Å². The van der Waals surface area contributed by atoms with Gasteiger partial charge in [-0.2, -0.15) is 9.20 Å². The number of aliphatic hydroxyl groups excluding tert-OH is 6. The number of nitrogens with two attached hydrogens (primary N) is 1. The average Bonchev–Trinajstić information content (AvgIpc) is 3.47. The number of aliphatic hydroxyl groups is 6. The molecule has 2 aromatic heterocycles. The molecule has 0 bridgehead atoms. The van der Waals surface area contributed by atoms with Crippen LogP contribution in [0.2, 0.25) is 0 Å². The third kappa shape index (κ3) is 6.03. The number of hydrogen-bond donors (Lipinski definition) is 9. The molecule has 10 N–H and O–H groups in total. The van der Waals surface area contributed by atoms with Gasteiger partial charge in [0, 0.05) is 0 Å². The highest BCUT2D eigenvalue weighted by molar-refractivity contribution is 7.61. The van der Waals surface area contributed by atoms with Gasteiger partial charge in [0.1, 0.15) is 48.5 Å². The summed E-state index contributed by atoms with van der Waals surface area (Å²) < 4.78 is 47.8. The minimum Gasteiger partial charge on any atom is -0.387 e. The molecule has 0 radical (unpaired) electrons. The fourth-order valence-electron chi connectivity index (χ4n) is 3.56. The van der Waals surface area contributed by atoms with E-state index in [1.807, 2.05) is 0 Å². The van der Waals surface area contributed by atoms with Crippen molar-refractivity contribution < 1.29 is 77.4 Å². The number of phosphoric ester groups is 1. The van der Waals surface area contributed by atoms with Crippen LogP contribution in [0.5, 0.6) is 0 Å². The number of nitrogens with zero attached hydrogens (tertiary/aromatic N) is 4. The molecule has 4 heterocycles. The molecule has 0 saturated carbocycles. The molecule has 2 aliphatic heterocycles. The molecule has 0 aromatic carbocycles. The van der Waals surface area contributed by atoms with Gasteiger partial charge < -0.3 is 55.6 Å². The van der Waals surface area contributed by atoms with Gasteiger partial charge in [-0.05, 0) is 0 Å². The minimum atomic E-state index is -5.60. The standard InChI is InChI=1S/C15H23N5O16P2/c16-11-5-12(18-2-17-11)20(3-19-5)13-8(23)6(21)4(32-13)1-31-37(27,28)36-38(29,30)35-34-15(26)10-7(22)9(24)14(25)33-10/h2-4,6-10,13-15,21-26H,1H2,(H,27,28)(H,29,30)(H2,16,17,18)/t4-,6-,7+,8+,9-,10-,13-,14+,15+/m1/s1. The molecule has 4 rings (SSSR count). The Morgan fingerprint density at radius 2 is 1.71 bits per heavy atom. The van der Waals surface area contributed by atoms with E-state index in [-0.39, 0.29) is 17.0 Å². The van der Waals surface area contributed by atoms with E-state index >= 15 is 0 Å². The van der Waals surface area contributed by atoms with E-state index in [0.29, 0.717) is 0 Å². The van der Waals surface area contributed by atoms with Gasteiger partial charge in [0.25, 0.3) is 0 Å². The van der Waals surface area contributed by atoms with Crippen molar-refractivity contribution in [1.29, 1.82) is 0 Å². The zero-order valence-electron chi connectivity index (χ0n) is 18.7. The highest BCUT2D eigenvalue weighted by atomic mass is 31.3. The summed E-state index contributed by atoms with van der Waals surface area (Å²) in [6.07, 6.45) is -13.6. The van der Waals surface area contributed by atoms with E-state index in [9.17, 15) is 49.6 Å². The summed E-state index contributed by atoms with van der Waals surface area (Å²) in [4.78, 5) is 35.2. The van der Waals surface area contributed by atoms with Crippen molar-refractivity contribution in [2.45, 2.75) is 55.4 Å². The predicted molar refractivity (Wildman–Crippen MR) is 113 cm³/mol. The number of rotatable bonds is 10. The van der Waals surface area contributed by atoms with E-state index in [2.05, 4.69) is 38.1 Å². The number of imidazole rings is 1. The van der Waals surface area contributed by atoms with Gasteiger partial charge in [0.15, 0.2) is 24.0 Å². The van der Waals surface area contributed by atoms with Crippen molar-refractivity contribution in [2.75, 3.05) is 12.3 Å². The summed E-state index contributed by atoms with van der Waals surface area (Å²) in [7, 11) is -11.0. The van der Waals surface area contributed by atoms with Crippen LogP contribution < -0.4 is 5.73 Å². The molecule has 11 atom stereocenters. The average molecular weight is 591 g/mol. The topological polar surface area (TPSA) is 321 Å². The van der Waals surface area contributed by atoms with Crippen LogP contribution in [0.3, 0.4) is 0 Å². The summed E-state index contributed by atoms with van der Waals surface area (Å²) >= 11 is 0. The van der Waals surface area contributed by atoms with Crippen LogP contribution in [-0.4, -0.2) is 116 Å². The molecular weight excluding hydrogens is 568 g/mol. The first-order chi connectivity index (χ1) is 17.7. The molecule has 23 heteroatoms. The van der Waals surface area contributed by atoms with Crippen LogP contribution >= 0.6 is 15.6 Å². The molecular formula is C15H23N5O16P2. The lowest BCUT2D eigenvalue weighted by Crippen LogP contribution is -2.40. The minimum absolute atomic E-state index is 0.0364. The van der Waals surface area contributed by atoms with Gasteiger partial charge >= 0.3 is 15.6 Å². The van der Waals surface area contributed by atoms with Crippen molar-refractivity contribution in [1.82, 2.24) is 19.5 Å². The largest absolute Gasteiger partial charge is 0.508 e. The summed E-state index contributed by atoms with van der Waals surface area (Å²) in [6, 6.07) is 0. The highest BCUT2D eigenvalue weighted by Crippen LogP contribution is 2.60. The number of anilines is 1. The van der Waals surface area contributed by atoms with Crippen LogP contribution in [0.4, 0.5) is 5.82 Å². The highest BCUT2D eigenvalue weighted by Gasteiger charge is 2.48. The predicted octanol–water partition coefficient (Wildman–Crippen LogP) is -4.03. The summed E-state index contributed by atoms with van der Waals surface area (Å²) in [5, 5.41) is 58.6. The monoisotopic (exact) mass is 591 g/mol. The van der Waals surface area contributed by atoms with Crippen molar-refractivity contribution in [3.8, 4) is 0 Å². The molecule has 2 unspecified atom stereocenters.